The first kappa shape index (κ1) is 18.3. The number of para-hydroxylation sites is 1. The molecule has 2 atom stereocenters. The summed E-state index contributed by atoms with van der Waals surface area (Å²) in [5.41, 5.74) is 3.04. The van der Waals surface area contributed by atoms with Crippen molar-refractivity contribution in [1.29, 1.82) is 0 Å². The molecule has 0 aliphatic carbocycles. The Balaban J connectivity index is 1.71. The highest BCUT2D eigenvalue weighted by atomic mass is 16.5. The number of rotatable bonds is 4. The molecule has 26 heavy (non-hydrogen) atoms. The second kappa shape index (κ2) is 7.02. The number of ether oxygens (including phenoxy) is 2. The van der Waals surface area contributed by atoms with Gasteiger partial charge in [-0.2, -0.15) is 0 Å². The van der Waals surface area contributed by atoms with Gasteiger partial charge in [0, 0.05) is 12.0 Å². The SMILES string of the molecule is Cc1ccc(O[C@@H](C)C(=O)N[C@@H]2CC(C)(C)Oc3ccccc32)cc1C. The molecule has 0 unspecified atom stereocenters. The van der Waals surface area contributed by atoms with E-state index in [0.717, 1.165) is 16.9 Å². The lowest BCUT2D eigenvalue weighted by Crippen LogP contribution is -2.44. The van der Waals surface area contributed by atoms with Crippen LogP contribution in [-0.2, 0) is 4.79 Å². The summed E-state index contributed by atoms with van der Waals surface area (Å²) >= 11 is 0. The summed E-state index contributed by atoms with van der Waals surface area (Å²) < 4.78 is 11.9. The Morgan fingerprint density at radius 3 is 2.65 bits per heavy atom. The molecule has 4 nitrogen and oxygen atoms in total. The number of carbonyl (C=O) groups is 1. The van der Waals surface area contributed by atoms with Crippen LogP contribution in [0.15, 0.2) is 42.5 Å². The molecule has 138 valence electrons. The lowest BCUT2D eigenvalue weighted by Gasteiger charge is -2.38. The number of benzene rings is 2. The first-order valence-electron chi connectivity index (χ1n) is 9.07. The van der Waals surface area contributed by atoms with Crippen LogP contribution in [0, 0.1) is 13.8 Å². The van der Waals surface area contributed by atoms with Gasteiger partial charge >= 0.3 is 0 Å². The maximum atomic E-state index is 12.7. The third-order valence-corrected chi connectivity index (χ3v) is 4.85. The smallest absolute Gasteiger partial charge is 0.261 e. The molecule has 0 spiro atoms. The first-order chi connectivity index (χ1) is 12.2. The van der Waals surface area contributed by atoms with Crippen molar-refractivity contribution < 1.29 is 14.3 Å². The van der Waals surface area contributed by atoms with Gasteiger partial charge in [0.15, 0.2) is 6.10 Å². The Kier molecular flexibility index (Phi) is 4.94. The van der Waals surface area contributed by atoms with Crippen molar-refractivity contribution in [3.63, 3.8) is 0 Å². The highest BCUT2D eigenvalue weighted by Crippen LogP contribution is 2.39. The number of hydrogen-bond acceptors (Lipinski definition) is 3. The average molecular weight is 353 g/mol. The van der Waals surface area contributed by atoms with Crippen LogP contribution in [0.2, 0.25) is 0 Å². The van der Waals surface area contributed by atoms with E-state index >= 15 is 0 Å². The van der Waals surface area contributed by atoms with Crippen LogP contribution in [0.25, 0.3) is 0 Å². The summed E-state index contributed by atoms with van der Waals surface area (Å²) in [6, 6.07) is 13.7. The van der Waals surface area contributed by atoms with E-state index in [9.17, 15) is 4.79 Å². The van der Waals surface area contributed by atoms with Crippen molar-refractivity contribution in [2.45, 2.75) is 58.8 Å². The molecular formula is C22H27NO3. The maximum absolute atomic E-state index is 12.7. The molecule has 0 aromatic heterocycles. The number of amides is 1. The molecule has 1 heterocycles. The van der Waals surface area contributed by atoms with Crippen LogP contribution >= 0.6 is 0 Å². The molecule has 1 aliphatic heterocycles. The lowest BCUT2D eigenvalue weighted by atomic mass is 9.89. The molecular weight excluding hydrogens is 326 g/mol. The third kappa shape index (κ3) is 4.01. The van der Waals surface area contributed by atoms with Gasteiger partial charge in [0.25, 0.3) is 5.91 Å². The molecule has 3 rings (SSSR count). The van der Waals surface area contributed by atoms with E-state index in [-0.39, 0.29) is 17.6 Å². The van der Waals surface area contributed by atoms with E-state index in [1.54, 1.807) is 6.92 Å². The fraction of sp³-hybridized carbons (Fsp3) is 0.409. The van der Waals surface area contributed by atoms with Crippen molar-refractivity contribution in [3.05, 3.63) is 59.2 Å². The van der Waals surface area contributed by atoms with Gasteiger partial charge in [-0.3, -0.25) is 4.79 Å². The van der Waals surface area contributed by atoms with E-state index in [0.29, 0.717) is 12.2 Å². The van der Waals surface area contributed by atoms with E-state index in [1.807, 2.05) is 63.2 Å². The second-order valence-electron chi connectivity index (χ2n) is 7.67. The summed E-state index contributed by atoms with van der Waals surface area (Å²) in [6.45, 7) is 9.95. The minimum atomic E-state index is -0.574. The number of hydrogen-bond donors (Lipinski definition) is 1. The minimum Gasteiger partial charge on any atom is -0.487 e. The average Bonchev–Trinajstić information content (AvgIpc) is 2.57. The minimum absolute atomic E-state index is 0.0896. The largest absolute Gasteiger partial charge is 0.487 e. The van der Waals surface area contributed by atoms with Crippen molar-refractivity contribution in [3.8, 4) is 11.5 Å². The molecule has 0 fully saturated rings. The fourth-order valence-electron chi connectivity index (χ4n) is 3.26. The van der Waals surface area contributed by atoms with E-state index in [4.69, 9.17) is 9.47 Å². The number of fused-ring (bicyclic) bond motifs is 1. The van der Waals surface area contributed by atoms with Gasteiger partial charge < -0.3 is 14.8 Å². The van der Waals surface area contributed by atoms with E-state index in [1.165, 1.54) is 5.56 Å². The number of carbonyl (C=O) groups excluding carboxylic acids is 1. The zero-order valence-corrected chi connectivity index (χ0v) is 16.1. The Morgan fingerprint density at radius 2 is 1.92 bits per heavy atom. The topological polar surface area (TPSA) is 47.6 Å². The van der Waals surface area contributed by atoms with E-state index < -0.39 is 6.10 Å². The highest BCUT2D eigenvalue weighted by Gasteiger charge is 2.35. The fourth-order valence-corrected chi connectivity index (χ4v) is 3.26. The highest BCUT2D eigenvalue weighted by molar-refractivity contribution is 5.81. The maximum Gasteiger partial charge on any atom is 0.261 e. The van der Waals surface area contributed by atoms with Crippen LogP contribution in [0.4, 0.5) is 0 Å². The molecule has 1 aliphatic rings. The molecule has 1 N–H and O–H groups in total. The summed E-state index contributed by atoms with van der Waals surface area (Å²) in [7, 11) is 0. The van der Waals surface area contributed by atoms with Gasteiger partial charge in [-0.25, -0.2) is 0 Å². The predicted octanol–water partition coefficient (Wildman–Crippen LogP) is 4.49. The van der Waals surface area contributed by atoms with E-state index in [2.05, 4.69) is 12.2 Å². The standard InChI is InChI=1S/C22H27NO3/c1-14-10-11-17(12-15(14)2)25-16(3)21(24)23-19-13-22(4,5)26-20-9-7-6-8-18(19)20/h6-12,16,19H,13H2,1-5H3,(H,23,24)/t16-,19+/m0/s1. The van der Waals surface area contributed by atoms with Crippen LogP contribution in [0.1, 0.15) is 49.9 Å². The van der Waals surface area contributed by atoms with Crippen LogP contribution < -0.4 is 14.8 Å². The molecule has 2 aromatic rings. The van der Waals surface area contributed by atoms with Crippen LogP contribution in [0.5, 0.6) is 11.5 Å². The summed E-state index contributed by atoms with van der Waals surface area (Å²) in [5.74, 6) is 1.42. The first-order valence-corrected chi connectivity index (χ1v) is 9.07. The molecule has 2 aromatic carbocycles. The molecule has 0 saturated heterocycles. The van der Waals surface area contributed by atoms with Crippen LogP contribution in [0.3, 0.4) is 0 Å². The zero-order chi connectivity index (χ0) is 18.9. The van der Waals surface area contributed by atoms with Crippen molar-refractivity contribution in [1.82, 2.24) is 5.32 Å². The normalized spacial score (nSPS) is 19.0. The monoisotopic (exact) mass is 353 g/mol. The Bertz CT molecular complexity index is 813. The summed E-state index contributed by atoms with van der Waals surface area (Å²) in [6.07, 6.45) is 0.141. The lowest BCUT2D eigenvalue weighted by molar-refractivity contribution is -0.128. The van der Waals surface area contributed by atoms with Crippen molar-refractivity contribution in [2.75, 3.05) is 0 Å². The predicted molar refractivity (Wildman–Crippen MR) is 103 cm³/mol. The van der Waals surface area contributed by atoms with Gasteiger partial charge in [0.1, 0.15) is 17.1 Å². The summed E-state index contributed by atoms with van der Waals surface area (Å²) in [5, 5.41) is 3.13. The third-order valence-electron chi connectivity index (χ3n) is 4.85. The zero-order valence-electron chi connectivity index (χ0n) is 16.1. The second-order valence-corrected chi connectivity index (χ2v) is 7.67. The Labute approximate surface area is 155 Å². The van der Waals surface area contributed by atoms with Gasteiger partial charge in [-0.1, -0.05) is 24.3 Å². The quantitative estimate of drug-likeness (QED) is 0.881. The van der Waals surface area contributed by atoms with Crippen molar-refractivity contribution in [2.24, 2.45) is 0 Å². The molecule has 4 heteroatoms. The molecule has 0 saturated carbocycles. The number of nitrogens with one attached hydrogen (secondary N) is 1. The van der Waals surface area contributed by atoms with Gasteiger partial charge in [-0.15, -0.1) is 0 Å². The van der Waals surface area contributed by atoms with Gasteiger partial charge in [0.05, 0.1) is 6.04 Å². The van der Waals surface area contributed by atoms with Crippen LogP contribution in [-0.4, -0.2) is 17.6 Å². The molecule has 0 radical (unpaired) electrons. The van der Waals surface area contributed by atoms with Gasteiger partial charge in [0.2, 0.25) is 0 Å². The number of aryl methyl sites for hydroxylation is 2. The van der Waals surface area contributed by atoms with Crippen molar-refractivity contribution >= 4 is 5.91 Å². The molecule has 0 bridgehead atoms. The van der Waals surface area contributed by atoms with Gasteiger partial charge in [-0.05, 0) is 63.9 Å². The molecule has 1 amide bonds. The Hall–Kier alpha value is -2.49. The Morgan fingerprint density at radius 1 is 1.19 bits per heavy atom. The summed E-state index contributed by atoms with van der Waals surface area (Å²) in [4.78, 5) is 12.7.